The highest BCUT2D eigenvalue weighted by atomic mass is 32.2. The van der Waals surface area contributed by atoms with Crippen LogP contribution in [0, 0.1) is 0 Å². The lowest BCUT2D eigenvalue weighted by molar-refractivity contribution is -0.437. The molecule has 6 N–H and O–H groups in total. The van der Waals surface area contributed by atoms with Gasteiger partial charge in [0.15, 0.2) is 5.71 Å². The summed E-state index contributed by atoms with van der Waals surface area (Å²) in [4.78, 5) is 28.8. The van der Waals surface area contributed by atoms with Crippen molar-refractivity contribution in [1.82, 2.24) is 20.4 Å². The molecular weight excluding hydrogens is 905 g/mol. The molecule has 2 amide bonds. The van der Waals surface area contributed by atoms with Crippen molar-refractivity contribution in [2.45, 2.75) is 93.3 Å². The van der Waals surface area contributed by atoms with Crippen molar-refractivity contribution in [1.29, 1.82) is 0 Å². The van der Waals surface area contributed by atoms with E-state index in [0.717, 1.165) is 45.9 Å². The quantitative estimate of drug-likeness (QED) is 0.0422. The van der Waals surface area contributed by atoms with Gasteiger partial charge in [-0.15, -0.1) is 10.2 Å². The number of amides is 2. The lowest BCUT2D eigenvalue weighted by Gasteiger charge is -2.26. The second-order valence-electron chi connectivity index (χ2n) is 16.8. The molecule has 0 unspecified atom stereocenters. The predicted molar refractivity (Wildman–Crippen MR) is 247 cm³/mol. The Morgan fingerprint density at radius 3 is 2.31 bits per heavy atom. The highest BCUT2D eigenvalue weighted by molar-refractivity contribution is 7.91. The standard InChI is InChI=1S/C42H56N8O10S4/c1-7-22-49-34-19-17-30(64(58,59)60)27-32(34)42(4,5)35(49)13-9-8-10-14-36-41(2,3)31-26-29(16-18-33(31)50(36)24-12-25-62(53,54)55)28-48(6)23-11-15-37(51)44-21-20-38(52)45-39-46-47-40(61-39)63(43,56)57/h8-10,13-14,16-19,26-27H,7,11-12,15,20-25,28H2,1-6H3,(H5-,43,44,45,46,51,52,53,54,55,56,57,58,59,60)/p+1. The fraction of sp³-hybridized carbons (Fsp3) is 0.452. The maximum atomic E-state index is 12.5. The van der Waals surface area contributed by atoms with Gasteiger partial charge in [0.25, 0.3) is 30.3 Å². The molecule has 22 heteroatoms. The third-order valence-electron chi connectivity index (χ3n) is 11.0. The fourth-order valence-corrected chi connectivity index (χ4v) is 10.3. The largest absolute Gasteiger partial charge is 0.356 e. The van der Waals surface area contributed by atoms with Crippen LogP contribution >= 0.6 is 11.3 Å². The van der Waals surface area contributed by atoms with E-state index in [1.165, 1.54) is 12.1 Å². The van der Waals surface area contributed by atoms with Crippen LogP contribution in [0.1, 0.15) is 83.4 Å². The van der Waals surface area contributed by atoms with E-state index >= 15 is 0 Å². The zero-order valence-corrected chi connectivity index (χ0v) is 40.0. The molecule has 348 valence electrons. The van der Waals surface area contributed by atoms with Gasteiger partial charge in [-0.05, 0) is 81.7 Å². The summed E-state index contributed by atoms with van der Waals surface area (Å²) < 4.78 is 90.9. The molecular formula is C42H57N8O10S4+. The Bertz CT molecular complexity index is 2720. The minimum Gasteiger partial charge on any atom is -0.356 e. The Labute approximate surface area is 379 Å². The van der Waals surface area contributed by atoms with Crippen LogP contribution in [0.2, 0.25) is 0 Å². The van der Waals surface area contributed by atoms with Gasteiger partial charge in [-0.25, -0.2) is 13.6 Å². The van der Waals surface area contributed by atoms with Gasteiger partial charge in [-0.2, -0.15) is 21.4 Å². The average Bonchev–Trinajstić information content (AvgIpc) is 3.80. The first-order valence-electron chi connectivity index (χ1n) is 20.6. The summed E-state index contributed by atoms with van der Waals surface area (Å²) in [6.45, 7) is 12.7. The predicted octanol–water partition coefficient (Wildman–Crippen LogP) is 4.65. The third-order valence-corrected chi connectivity index (χ3v) is 14.8. The summed E-state index contributed by atoms with van der Waals surface area (Å²) in [6, 6.07) is 10.9. The molecule has 0 bridgehead atoms. The molecule has 1 aromatic heterocycles. The van der Waals surface area contributed by atoms with E-state index in [2.05, 4.69) is 62.0 Å². The summed E-state index contributed by atoms with van der Waals surface area (Å²) in [7, 11) is -10.6. The highest BCUT2D eigenvalue weighted by Gasteiger charge is 2.44. The number of primary sulfonamides is 1. The number of nitrogens with zero attached hydrogens (tertiary/aromatic N) is 5. The maximum Gasteiger partial charge on any atom is 0.294 e. The normalized spacial score (nSPS) is 16.7. The smallest absolute Gasteiger partial charge is 0.294 e. The number of nitrogens with two attached hydrogens (primary N) is 1. The van der Waals surface area contributed by atoms with Gasteiger partial charge in [-0.1, -0.05) is 56.4 Å². The second-order valence-corrected chi connectivity index (χ2v) is 22.5. The molecule has 0 radical (unpaired) electrons. The Kier molecular flexibility index (Phi) is 15.9. The lowest BCUT2D eigenvalue weighted by Crippen LogP contribution is -2.29. The molecule has 0 atom stereocenters. The van der Waals surface area contributed by atoms with E-state index in [0.29, 0.717) is 43.9 Å². The van der Waals surface area contributed by atoms with Crippen LogP contribution in [0.5, 0.6) is 0 Å². The van der Waals surface area contributed by atoms with Crippen LogP contribution in [0.25, 0.3) is 0 Å². The van der Waals surface area contributed by atoms with E-state index in [1.807, 2.05) is 63.4 Å². The topological polar surface area (TPSA) is 262 Å². The number of nitrogens with one attached hydrogen (secondary N) is 2. The Morgan fingerprint density at radius 2 is 1.66 bits per heavy atom. The molecule has 5 rings (SSSR count). The Morgan fingerprint density at radius 1 is 0.922 bits per heavy atom. The van der Waals surface area contributed by atoms with Crippen molar-refractivity contribution in [3.05, 3.63) is 89.2 Å². The number of allylic oxidation sites excluding steroid dienone is 6. The number of hydrogen-bond donors (Lipinski definition) is 5. The molecule has 2 aromatic carbocycles. The molecule has 0 saturated heterocycles. The van der Waals surface area contributed by atoms with E-state index in [-0.39, 0.29) is 47.5 Å². The van der Waals surface area contributed by atoms with Crippen molar-refractivity contribution < 1.29 is 48.5 Å². The molecule has 3 heterocycles. The van der Waals surface area contributed by atoms with E-state index in [4.69, 9.17) is 5.14 Å². The van der Waals surface area contributed by atoms with E-state index in [9.17, 15) is 43.9 Å². The van der Waals surface area contributed by atoms with Crippen LogP contribution in [0.3, 0.4) is 0 Å². The minimum atomic E-state index is -4.37. The Balaban J connectivity index is 1.22. The van der Waals surface area contributed by atoms with Crippen molar-refractivity contribution in [3.8, 4) is 0 Å². The van der Waals surface area contributed by atoms with Crippen LogP contribution in [0.15, 0.2) is 81.7 Å². The first kappa shape index (κ1) is 50.3. The lowest BCUT2D eigenvalue weighted by atomic mass is 9.80. The molecule has 18 nitrogen and oxygen atoms in total. The molecule has 64 heavy (non-hydrogen) atoms. The number of benzene rings is 2. The van der Waals surface area contributed by atoms with Crippen molar-refractivity contribution >= 4 is 75.6 Å². The number of aromatic nitrogens is 2. The first-order valence-corrected chi connectivity index (χ1v) is 26.0. The summed E-state index contributed by atoms with van der Waals surface area (Å²) in [5, 5.41) is 17.2. The molecule has 0 spiro atoms. The van der Waals surface area contributed by atoms with Gasteiger partial charge in [0.1, 0.15) is 6.54 Å². The number of hydrogen-bond acceptors (Lipinski definition) is 13. The molecule has 2 aliphatic heterocycles. The molecule has 2 aliphatic rings. The number of carbonyl (C=O) groups is 2. The van der Waals surface area contributed by atoms with Gasteiger partial charge in [0, 0.05) is 73.4 Å². The molecule has 0 fully saturated rings. The average molecular weight is 962 g/mol. The number of carbonyl (C=O) groups excluding carboxylic acids is 2. The van der Waals surface area contributed by atoms with Gasteiger partial charge in [-0.3, -0.25) is 18.7 Å². The monoisotopic (exact) mass is 961 g/mol. The third kappa shape index (κ3) is 12.6. The summed E-state index contributed by atoms with van der Waals surface area (Å²) in [5.74, 6) is -1.07. The van der Waals surface area contributed by atoms with Gasteiger partial charge in [0.05, 0.1) is 16.1 Å². The van der Waals surface area contributed by atoms with Gasteiger partial charge in [0.2, 0.25) is 27.0 Å². The number of rotatable bonds is 21. The Hall–Kier alpha value is -4.68. The van der Waals surface area contributed by atoms with Crippen molar-refractivity contribution in [2.75, 3.05) is 49.2 Å². The first-order chi connectivity index (χ1) is 29.8. The van der Waals surface area contributed by atoms with E-state index in [1.54, 1.807) is 6.07 Å². The summed E-state index contributed by atoms with van der Waals surface area (Å²) >= 11 is 0.628. The van der Waals surface area contributed by atoms with Crippen molar-refractivity contribution in [2.24, 2.45) is 5.14 Å². The zero-order chi connectivity index (χ0) is 47.3. The zero-order valence-electron chi connectivity index (χ0n) is 36.7. The molecule has 0 saturated carbocycles. The van der Waals surface area contributed by atoms with Crippen LogP contribution in [0.4, 0.5) is 16.5 Å². The summed E-state index contributed by atoms with van der Waals surface area (Å²) in [5.41, 5.74) is 5.62. The van der Waals surface area contributed by atoms with Gasteiger partial charge >= 0.3 is 0 Å². The van der Waals surface area contributed by atoms with Crippen LogP contribution in [-0.4, -0.2) is 111 Å². The molecule has 0 aliphatic carbocycles. The highest BCUT2D eigenvalue weighted by Crippen LogP contribution is 2.48. The SMILES string of the molecule is CCCN1/C(=C/C=C/C=C/C2=[N+](CCCS(=O)(=O)O)c3ccc(CN(C)CCCC(=O)NCCC(=O)Nc4nnc(S(N)(=O)=O)s4)cc3C2(C)C)C(C)(C)c2cc(S(=O)(=O)O)ccc21. The second kappa shape index (κ2) is 20.2. The maximum absolute atomic E-state index is 12.5. The number of sulfonamides is 1. The van der Waals surface area contributed by atoms with Crippen LogP contribution in [-0.2, 0) is 57.2 Å². The number of anilines is 2. The number of fused-ring (bicyclic) bond motifs is 2. The van der Waals surface area contributed by atoms with Crippen molar-refractivity contribution in [3.63, 3.8) is 0 Å². The van der Waals surface area contributed by atoms with E-state index < -0.39 is 51.3 Å². The minimum absolute atomic E-state index is 0.0163. The molecule has 3 aromatic rings. The van der Waals surface area contributed by atoms with Gasteiger partial charge < -0.3 is 20.4 Å². The fourth-order valence-electron chi connectivity index (χ4n) is 7.97. The van der Waals surface area contributed by atoms with Crippen LogP contribution < -0.4 is 20.7 Å². The summed E-state index contributed by atoms with van der Waals surface area (Å²) in [6.07, 6.45) is 11.6.